The van der Waals surface area contributed by atoms with Gasteiger partial charge in [0.25, 0.3) is 0 Å². The molecule has 1 aromatic heterocycles. The van der Waals surface area contributed by atoms with Crippen molar-refractivity contribution < 1.29 is 9.53 Å². The van der Waals surface area contributed by atoms with Crippen LogP contribution in [0.15, 0.2) is 12.1 Å². The van der Waals surface area contributed by atoms with E-state index in [9.17, 15) is 4.79 Å². The van der Waals surface area contributed by atoms with Gasteiger partial charge in [0.05, 0.1) is 18.4 Å². The molecule has 5 heteroatoms. The van der Waals surface area contributed by atoms with Crippen molar-refractivity contribution in [3.63, 3.8) is 0 Å². The Bertz CT molecular complexity index is 465. The second-order valence-electron chi connectivity index (χ2n) is 4.83. The van der Waals surface area contributed by atoms with E-state index in [0.717, 1.165) is 11.1 Å². The molecule has 1 aliphatic rings. The highest BCUT2D eigenvalue weighted by Crippen LogP contribution is 2.30. The summed E-state index contributed by atoms with van der Waals surface area (Å²) in [5.41, 5.74) is 1.23. The third kappa shape index (κ3) is 3.41. The second kappa shape index (κ2) is 6.28. The van der Waals surface area contributed by atoms with Crippen LogP contribution in [0.4, 0.5) is 5.82 Å². The number of thioether (sulfide) groups is 1. The van der Waals surface area contributed by atoms with E-state index in [2.05, 4.69) is 16.6 Å². The summed E-state index contributed by atoms with van der Waals surface area (Å²) in [6, 6.07) is 4.12. The van der Waals surface area contributed by atoms with Crippen molar-refractivity contribution in [2.24, 2.45) is 0 Å². The van der Waals surface area contributed by atoms with Crippen molar-refractivity contribution in [2.45, 2.75) is 37.5 Å². The van der Waals surface area contributed by atoms with E-state index >= 15 is 0 Å². The summed E-state index contributed by atoms with van der Waals surface area (Å²) in [7, 11) is 1.38. The number of hydrogen-bond donors (Lipinski definition) is 1. The molecule has 0 amide bonds. The molecule has 0 spiro atoms. The maximum Gasteiger partial charge on any atom is 0.339 e. The molecule has 2 rings (SSSR count). The topological polar surface area (TPSA) is 51.2 Å². The predicted molar refractivity (Wildman–Crippen MR) is 78.9 cm³/mol. The zero-order chi connectivity index (χ0) is 13.8. The Kier molecular flexibility index (Phi) is 4.69. The fourth-order valence-electron chi connectivity index (χ4n) is 2.46. The van der Waals surface area contributed by atoms with Crippen molar-refractivity contribution >= 4 is 23.5 Å². The van der Waals surface area contributed by atoms with Gasteiger partial charge in [-0.05, 0) is 44.6 Å². The highest BCUT2D eigenvalue weighted by atomic mass is 32.2. The molecule has 0 bridgehead atoms. The Morgan fingerprint density at radius 1 is 1.47 bits per heavy atom. The first-order chi connectivity index (χ1) is 9.13. The summed E-state index contributed by atoms with van der Waals surface area (Å²) in [6.07, 6.45) is 5.80. The molecule has 0 radical (unpaired) electrons. The normalized spacial score (nSPS) is 22.3. The van der Waals surface area contributed by atoms with Crippen LogP contribution in [0.5, 0.6) is 0 Å². The Hall–Kier alpha value is -1.23. The van der Waals surface area contributed by atoms with Crippen molar-refractivity contribution in [1.82, 2.24) is 4.98 Å². The standard InChI is InChI=1S/C14H20N2O2S/c1-9-12(14(17)18-2)6-7-13(15-9)16-10-4-5-11(8-10)19-3/h6-7,10-11H,4-5,8H2,1-3H3,(H,15,16). The minimum absolute atomic E-state index is 0.333. The summed E-state index contributed by atoms with van der Waals surface area (Å²) in [5, 5.41) is 4.21. The molecule has 1 fully saturated rings. The van der Waals surface area contributed by atoms with E-state index in [-0.39, 0.29) is 5.97 Å². The molecular formula is C14H20N2O2S. The van der Waals surface area contributed by atoms with Crippen LogP contribution in [0.1, 0.15) is 35.3 Å². The Labute approximate surface area is 118 Å². The fourth-order valence-corrected chi connectivity index (χ4v) is 3.26. The fraction of sp³-hybridized carbons (Fsp3) is 0.571. The first kappa shape index (κ1) is 14.2. The molecule has 104 valence electrons. The van der Waals surface area contributed by atoms with Gasteiger partial charge >= 0.3 is 5.97 Å². The molecular weight excluding hydrogens is 260 g/mol. The number of anilines is 1. The number of methoxy groups -OCH3 is 1. The van der Waals surface area contributed by atoms with Gasteiger partial charge in [0.15, 0.2) is 0 Å². The molecule has 2 atom stereocenters. The quantitative estimate of drug-likeness (QED) is 0.859. The molecule has 1 aromatic rings. The van der Waals surface area contributed by atoms with E-state index in [4.69, 9.17) is 4.74 Å². The number of ether oxygens (including phenoxy) is 1. The second-order valence-corrected chi connectivity index (χ2v) is 5.97. The monoisotopic (exact) mass is 280 g/mol. The molecule has 4 nitrogen and oxygen atoms in total. The summed E-state index contributed by atoms with van der Waals surface area (Å²) in [5.74, 6) is 0.511. The van der Waals surface area contributed by atoms with Gasteiger partial charge < -0.3 is 10.1 Å². The van der Waals surface area contributed by atoms with Crippen LogP contribution in [0, 0.1) is 6.92 Å². The highest BCUT2D eigenvalue weighted by molar-refractivity contribution is 7.99. The molecule has 0 aliphatic heterocycles. The van der Waals surface area contributed by atoms with Crippen LogP contribution in [0.2, 0.25) is 0 Å². The lowest BCUT2D eigenvalue weighted by atomic mass is 10.2. The molecule has 1 saturated carbocycles. The van der Waals surface area contributed by atoms with Gasteiger partial charge in [-0.25, -0.2) is 9.78 Å². The maximum atomic E-state index is 11.5. The van der Waals surface area contributed by atoms with Gasteiger partial charge in [0.1, 0.15) is 5.82 Å². The first-order valence-corrected chi connectivity index (χ1v) is 7.78. The van der Waals surface area contributed by atoms with Crippen LogP contribution in [-0.4, -0.2) is 35.6 Å². The van der Waals surface area contributed by atoms with Gasteiger partial charge in [0.2, 0.25) is 0 Å². The lowest BCUT2D eigenvalue weighted by Gasteiger charge is -2.14. The van der Waals surface area contributed by atoms with Gasteiger partial charge in [0, 0.05) is 11.3 Å². The number of carbonyl (C=O) groups excluding carboxylic acids is 1. The molecule has 0 aromatic carbocycles. The van der Waals surface area contributed by atoms with Crippen LogP contribution in [0.3, 0.4) is 0 Å². The Balaban J connectivity index is 2.02. The van der Waals surface area contributed by atoms with Gasteiger partial charge in [-0.15, -0.1) is 0 Å². The molecule has 1 N–H and O–H groups in total. The third-order valence-electron chi connectivity index (χ3n) is 3.56. The minimum Gasteiger partial charge on any atom is -0.465 e. The predicted octanol–water partition coefficient (Wildman–Crippen LogP) is 2.87. The van der Waals surface area contributed by atoms with Crippen LogP contribution >= 0.6 is 11.8 Å². The molecule has 19 heavy (non-hydrogen) atoms. The molecule has 1 heterocycles. The van der Waals surface area contributed by atoms with E-state index in [1.165, 1.54) is 26.4 Å². The number of hydrogen-bond acceptors (Lipinski definition) is 5. The number of aromatic nitrogens is 1. The first-order valence-electron chi connectivity index (χ1n) is 6.49. The van der Waals surface area contributed by atoms with E-state index in [0.29, 0.717) is 17.3 Å². The van der Waals surface area contributed by atoms with E-state index < -0.39 is 0 Å². The van der Waals surface area contributed by atoms with E-state index in [1.807, 2.05) is 24.8 Å². The average Bonchev–Trinajstić information content (AvgIpc) is 2.86. The third-order valence-corrected chi connectivity index (χ3v) is 4.66. The van der Waals surface area contributed by atoms with Crippen molar-refractivity contribution in [2.75, 3.05) is 18.7 Å². The Morgan fingerprint density at radius 3 is 2.84 bits per heavy atom. The van der Waals surface area contributed by atoms with Crippen LogP contribution < -0.4 is 5.32 Å². The summed E-state index contributed by atoms with van der Waals surface area (Å²) in [4.78, 5) is 15.9. The number of esters is 1. The van der Waals surface area contributed by atoms with Gasteiger partial charge in [-0.1, -0.05) is 0 Å². The smallest absolute Gasteiger partial charge is 0.339 e. The lowest BCUT2D eigenvalue weighted by Crippen LogP contribution is -2.17. The van der Waals surface area contributed by atoms with Crippen molar-refractivity contribution in [1.29, 1.82) is 0 Å². The van der Waals surface area contributed by atoms with Gasteiger partial charge in [-0.3, -0.25) is 0 Å². The molecule has 2 unspecified atom stereocenters. The van der Waals surface area contributed by atoms with Gasteiger partial charge in [-0.2, -0.15) is 11.8 Å². The molecule has 1 aliphatic carbocycles. The Morgan fingerprint density at radius 2 is 2.26 bits per heavy atom. The number of pyridine rings is 1. The zero-order valence-electron chi connectivity index (χ0n) is 11.6. The number of nitrogens with one attached hydrogen (secondary N) is 1. The summed E-state index contributed by atoms with van der Waals surface area (Å²) >= 11 is 1.94. The highest BCUT2D eigenvalue weighted by Gasteiger charge is 2.24. The van der Waals surface area contributed by atoms with Crippen molar-refractivity contribution in [3.05, 3.63) is 23.4 Å². The number of aryl methyl sites for hydroxylation is 1. The number of nitrogens with zero attached hydrogens (tertiary/aromatic N) is 1. The number of rotatable bonds is 4. The largest absolute Gasteiger partial charge is 0.465 e. The number of carbonyl (C=O) groups is 1. The SMILES string of the molecule is COC(=O)c1ccc(NC2CCC(SC)C2)nc1C. The maximum absolute atomic E-state index is 11.5. The zero-order valence-corrected chi connectivity index (χ0v) is 12.4. The van der Waals surface area contributed by atoms with Crippen LogP contribution in [0.25, 0.3) is 0 Å². The minimum atomic E-state index is -0.333. The van der Waals surface area contributed by atoms with E-state index in [1.54, 1.807) is 6.07 Å². The van der Waals surface area contributed by atoms with Crippen LogP contribution in [-0.2, 0) is 4.74 Å². The van der Waals surface area contributed by atoms with Crippen molar-refractivity contribution in [3.8, 4) is 0 Å². The average molecular weight is 280 g/mol. The summed E-state index contributed by atoms with van der Waals surface area (Å²) < 4.78 is 4.72. The lowest BCUT2D eigenvalue weighted by molar-refractivity contribution is 0.0599. The molecule has 0 saturated heterocycles. The summed E-state index contributed by atoms with van der Waals surface area (Å²) in [6.45, 7) is 1.83.